The molecule has 3 rings (SSSR count). The second kappa shape index (κ2) is 5.12. The van der Waals surface area contributed by atoms with Crippen LogP contribution in [0.15, 0.2) is 48.1 Å². The fraction of sp³-hybridized carbons (Fsp3) is 0.250. The van der Waals surface area contributed by atoms with Crippen molar-refractivity contribution in [1.82, 2.24) is 4.90 Å². The predicted molar refractivity (Wildman–Crippen MR) is 72.6 cm³/mol. The van der Waals surface area contributed by atoms with E-state index in [1.807, 2.05) is 0 Å². The molecule has 22 heavy (non-hydrogen) atoms. The van der Waals surface area contributed by atoms with Crippen molar-refractivity contribution in [3.05, 3.63) is 59.2 Å². The number of likely N-dealkylation sites (tertiary alicyclic amines) is 1. The van der Waals surface area contributed by atoms with Crippen molar-refractivity contribution in [1.29, 1.82) is 0 Å². The minimum Gasteiger partial charge on any atom is -0.324 e. The van der Waals surface area contributed by atoms with E-state index in [1.54, 1.807) is 18.2 Å². The van der Waals surface area contributed by atoms with Crippen LogP contribution in [0, 0.1) is 0 Å². The van der Waals surface area contributed by atoms with Gasteiger partial charge in [0.05, 0.1) is 11.6 Å². The molecule has 114 valence electrons. The van der Waals surface area contributed by atoms with Crippen molar-refractivity contribution < 1.29 is 22.8 Å². The number of fused-ring (bicyclic) bond motifs is 1. The maximum Gasteiger partial charge on any atom is 0.416 e. The predicted octanol–water partition coefficient (Wildman–Crippen LogP) is 2.87. The Hall–Kier alpha value is -2.37. The minimum absolute atomic E-state index is 0.00745. The van der Waals surface area contributed by atoms with Crippen LogP contribution in [0.5, 0.6) is 0 Å². The van der Waals surface area contributed by atoms with E-state index in [4.69, 9.17) is 0 Å². The van der Waals surface area contributed by atoms with Gasteiger partial charge in [0.15, 0.2) is 0 Å². The first-order valence-corrected chi connectivity index (χ1v) is 6.76. The number of amides is 1. The van der Waals surface area contributed by atoms with Crippen molar-refractivity contribution in [2.75, 3.05) is 0 Å². The van der Waals surface area contributed by atoms with E-state index in [0.717, 1.165) is 6.07 Å². The van der Waals surface area contributed by atoms with Gasteiger partial charge < -0.3 is 4.90 Å². The summed E-state index contributed by atoms with van der Waals surface area (Å²) in [7, 11) is 0. The van der Waals surface area contributed by atoms with Crippen LogP contribution in [0.25, 0.3) is 0 Å². The van der Waals surface area contributed by atoms with Crippen molar-refractivity contribution in [3.63, 3.8) is 0 Å². The van der Waals surface area contributed by atoms with E-state index >= 15 is 0 Å². The van der Waals surface area contributed by atoms with Gasteiger partial charge in [-0.15, -0.1) is 0 Å². The van der Waals surface area contributed by atoms with Crippen LogP contribution >= 0.6 is 0 Å². The summed E-state index contributed by atoms with van der Waals surface area (Å²) in [5, 5.41) is 0. The van der Waals surface area contributed by atoms with E-state index in [0.29, 0.717) is 12.0 Å². The molecule has 0 radical (unpaired) electrons. The van der Waals surface area contributed by atoms with Gasteiger partial charge >= 0.3 is 6.18 Å². The molecule has 1 aromatic rings. The summed E-state index contributed by atoms with van der Waals surface area (Å²) in [6.45, 7) is -0.226. The quantitative estimate of drug-likeness (QED) is 0.788. The maximum atomic E-state index is 13.0. The third kappa shape index (κ3) is 2.34. The first-order valence-electron chi connectivity index (χ1n) is 6.76. The summed E-state index contributed by atoms with van der Waals surface area (Å²) in [6.07, 6.45) is 0.989. The van der Waals surface area contributed by atoms with Gasteiger partial charge in [-0.2, -0.15) is 13.2 Å². The lowest BCUT2D eigenvalue weighted by atomic mass is 9.98. The van der Waals surface area contributed by atoms with Crippen LogP contribution in [0.2, 0.25) is 0 Å². The topological polar surface area (TPSA) is 37.4 Å². The van der Waals surface area contributed by atoms with E-state index < -0.39 is 29.5 Å². The average molecular weight is 307 g/mol. The first kappa shape index (κ1) is 14.6. The van der Waals surface area contributed by atoms with Crippen LogP contribution in [-0.2, 0) is 22.3 Å². The number of rotatable bonds is 2. The fourth-order valence-electron chi connectivity index (χ4n) is 2.84. The number of allylic oxidation sites excluding steroid dienone is 2. The van der Waals surface area contributed by atoms with Gasteiger partial charge in [0.2, 0.25) is 5.78 Å². The number of hydrogen-bond donors (Lipinski definition) is 0. The molecular formula is C16H12F3NO2. The molecule has 1 aliphatic carbocycles. The third-order valence-electron chi connectivity index (χ3n) is 3.89. The highest BCUT2D eigenvalue weighted by atomic mass is 19.4. The molecule has 1 aromatic carbocycles. The van der Waals surface area contributed by atoms with Crippen molar-refractivity contribution in [2.24, 2.45) is 0 Å². The first-order chi connectivity index (χ1) is 10.4. The third-order valence-corrected chi connectivity index (χ3v) is 3.89. The molecule has 0 N–H and O–H groups in total. The van der Waals surface area contributed by atoms with Gasteiger partial charge in [-0.3, -0.25) is 9.59 Å². The number of carbonyl (C=O) groups excluding carboxylic acids is 2. The molecule has 2 aliphatic rings. The molecule has 1 aliphatic heterocycles. The van der Waals surface area contributed by atoms with Crippen LogP contribution in [-0.4, -0.2) is 22.6 Å². The molecule has 3 nitrogen and oxygen atoms in total. The Kier molecular flexibility index (Phi) is 3.39. The number of benzene rings is 1. The lowest BCUT2D eigenvalue weighted by molar-refractivity contribution is -0.142. The summed E-state index contributed by atoms with van der Waals surface area (Å²) in [6, 6.07) is 4.64. The monoisotopic (exact) mass is 307 g/mol. The highest BCUT2D eigenvalue weighted by Crippen LogP contribution is 2.35. The van der Waals surface area contributed by atoms with E-state index in [-0.39, 0.29) is 12.1 Å². The van der Waals surface area contributed by atoms with E-state index in [1.165, 1.54) is 23.1 Å². The van der Waals surface area contributed by atoms with Crippen LogP contribution in [0.4, 0.5) is 13.2 Å². The van der Waals surface area contributed by atoms with Crippen LogP contribution in [0.3, 0.4) is 0 Å². The highest BCUT2D eigenvalue weighted by molar-refractivity contribution is 6.45. The standard InChI is InChI=1S/C16H12F3NO2/c17-16(18,19)12-7-3-1-5-10(12)9-20-13-8-4-2-6-11(13)14(21)15(20)22/h1-7,13H,8-9H2. The lowest BCUT2D eigenvalue weighted by Crippen LogP contribution is -2.34. The van der Waals surface area contributed by atoms with Gasteiger partial charge in [0.1, 0.15) is 0 Å². The molecule has 0 bridgehead atoms. The molecule has 1 unspecified atom stereocenters. The number of halogens is 3. The Balaban J connectivity index is 1.94. The highest BCUT2D eigenvalue weighted by Gasteiger charge is 2.43. The zero-order valence-corrected chi connectivity index (χ0v) is 11.4. The summed E-state index contributed by atoms with van der Waals surface area (Å²) < 4.78 is 39.1. The Morgan fingerprint density at radius 2 is 1.91 bits per heavy atom. The molecule has 0 saturated carbocycles. The lowest BCUT2D eigenvalue weighted by Gasteiger charge is -2.26. The largest absolute Gasteiger partial charge is 0.416 e. The summed E-state index contributed by atoms with van der Waals surface area (Å²) in [4.78, 5) is 25.2. The molecule has 1 fully saturated rings. The maximum absolute atomic E-state index is 13.0. The van der Waals surface area contributed by atoms with Crippen molar-refractivity contribution in [3.8, 4) is 0 Å². The number of ketones is 1. The molecule has 6 heteroatoms. The van der Waals surface area contributed by atoms with E-state index in [2.05, 4.69) is 0 Å². The number of hydrogen-bond acceptors (Lipinski definition) is 2. The number of Topliss-reactive ketones (excluding diaryl/α,β-unsaturated/α-hetero) is 1. The number of carbonyl (C=O) groups is 2. The SMILES string of the molecule is O=C1C(=O)N(Cc2ccccc2C(F)(F)F)C2CC=CC=C12. The van der Waals surface area contributed by atoms with Gasteiger partial charge in [-0.1, -0.05) is 36.4 Å². The molecule has 0 aromatic heterocycles. The Bertz CT molecular complexity index is 704. The minimum atomic E-state index is -4.49. The smallest absolute Gasteiger partial charge is 0.324 e. The van der Waals surface area contributed by atoms with Gasteiger partial charge in [0, 0.05) is 12.1 Å². The average Bonchev–Trinajstić information content (AvgIpc) is 2.72. The second-order valence-electron chi connectivity index (χ2n) is 5.22. The molecule has 1 atom stereocenters. The Morgan fingerprint density at radius 3 is 2.64 bits per heavy atom. The van der Waals surface area contributed by atoms with Crippen molar-refractivity contribution >= 4 is 11.7 Å². The molecule has 1 heterocycles. The molecule has 0 spiro atoms. The molecule has 1 saturated heterocycles. The Morgan fingerprint density at radius 1 is 1.18 bits per heavy atom. The fourth-order valence-corrected chi connectivity index (χ4v) is 2.84. The van der Waals surface area contributed by atoms with Crippen LogP contribution in [0.1, 0.15) is 17.5 Å². The van der Waals surface area contributed by atoms with Gasteiger partial charge in [-0.05, 0) is 18.1 Å². The molecule has 1 amide bonds. The van der Waals surface area contributed by atoms with Gasteiger partial charge in [-0.25, -0.2) is 0 Å². The molecular weight excluding hydrogens is 295 g/mol. The van der Waals surface area contributed by atoms with Gasteiger partial charge in [0.25, 0.3) is 5.91 Å². The van der Waals surface area contributed by atoms with E-state index in [9.17, 15) is 22.8 Å². The normalized spacial score (nSPS) is 21.1. The summed E-state index contributed by atoms with van der Waals surface area (Å²) >= 11 is 0. The zero-order valence-electron chi connectivity index (χ0n) is 11.4. The summed E-state index contributed by atoms with van der Waals surface area (Å²) in [5.74, 6) is -1.37. The van der Waals surface area contributed by atoms with Crippen LogP contribution < -0.4 is 0 Å². The number of nitrogens with zero attached hydrogens (tertiary/aromatic N) is 1. The summed E-state index contributed by atoms with van der Waals surface area (Å²) in [5.41, 5.74) is -0.428. The van der Waals surface area contributed by atoms with Crippen molar-refractivity contribution in [2.45, 2.75) is 25.2 Å². The second-order valence-corrected chi connectivity index (χ2v) is 5.22. The number of alkyl halides is 3. The Labute approximate surface area is 124 Å². The zero-order chi connectivity index (χ0) is 15.9.